The highest BCUT2D eigenvalue weighted by Gasteiger charge is 2.28. The van der Waals surface area contributed by atoms with Gasteiger partial charge in [0, 0.05) is 22.9 Å². The molecule has 29 heavy (non-hydrogen) atoms. The standard InChI is InChI=1S/C22H23F2N3O2/c1-12(2)19-15-6-4-5-7-18(15)25-22(29)20(26-19)27-21(28)13(3)10-14-8-9-16(23)17(24)11-14/h4-9,11-13,20H,10H2,1-3H3,(H,25,29)(H,27,28)/t13-,20?/m0/s1. The number of fused-ring (bicyclic) bond motifs is 1. The van der Waals surface area contributed by atoms with E-state index in [-0.39, 0.29) is 12.3 Å². The molecule has 3 rings (SSSR count). The van der Waals surface area contributed by atoms with Crippen LogP contribution >= 0.6 is 0 Å². The summed E-state index contributed by atoms with van der Waals surface area (Å²) in [4.78, 5) is 29.8. The summed E-state index contributed by atoms with van der Waals surface area (Å²) in [5.41, 5.74) is 2.69. The van der Waals surface area contributed by atoms with Gasteiger partial charge >= 0.3 is 0 Å². The van der Waals surface area contributed by atoms with E-state index in [2.05, 4.69) is 15.6 Å². The first-order chi connectivity index (χ1) is 13.8. The van der Waals surface area contributed by atoms with Gasteiger partial charge in [-0.05, 0) is 36.1 Å². The monoisotopic (exact) mass is 399 g/mol. The van der Waals surface area contributed by atoms with Crippen LogP contribution in [-0.4, -0.2) is 23.7 Å². The zero-order valence-electron chi connectivity index (χ0n) is 16.5. The maximum atomic E-state index is 13.4. The Morgan fingerprint density at radius 1 is 1.14 bits per heavy atom. The van der Waals surface area contributed by atoms with Crippen LogP contribution in [0.15, 0.2) is 47.5 Å². The van der Waals surface area contributed by atoms with Crippen LogP contribution in [0, 0.1) is 23.5 Å². The van der Waals surface area contributed by atoms with Crippen LogP contribution in [0.1, 0.15) is 31.9 Å². The third-order valence-electron chi connectivity index (χ3n) is 4.78. The van der Waals surface area contributed by atoms with Crippen LogP contribution in [0.25, 0.3) is 0 Å². The summed E-state index contributed by atoms with van der Waals surface area (Å²) in [5.74, 6) is -3.23. The van der Waals surface area contributed by atoms with Gasteiger partial charge in [-0.25, -0.2) is 8.78 Å². The minimum atomic E-state index is -1.07. The van der Waals surface area contributed by atoms with Crippen molar-refractivity contribution in [2.75, 3.05) is 5.32 Å². The number of halogens is 2. The quantitative estimate of drug-likeness (QED) is 0.805. The van der Waals surface area contributed by atoms with E-state index in [1.165, 1.54) is 6.07 Å². The van der Waals surface area contributed by atoms with E-state index >= 15 is 0 Å². The lowest BCUT2D eigenvalue weighted by atomic mass is 9.98. The van der Waals surface area contributed by atoms with Gasteiger partial charge in [-0.3, -0.25) is 14.6 Å². The van der Waals surface area contributed by atoms with Crippen molar-refractivity contribution >= 4 is 23.2 Å². The Kier molecular flexibility index (Phi) is 6.06. The van der Waals surface area contributed by atoms with E-state index in [1.807, 2.05) is 32.0 Å². The first-order valence-corrected chi connectivity index (χ1v) is 9.48. The van der Waals surface area contributed by atoms with E-state index in [9.17, 15) is 18.4 Å². The van der Waals surface area contributed by atoms with E-state index in [0.717, 1.165) is 23.4 Å². The first-order valence-electron chi connectivity index (χ1n) is 9.48. The smallest absolute Gasteiger partial charge is 0.269 e. The number of carbonyl (C=O) groups excluding carboxylic acids is 2. The van der Waals surface area contributed by atoms with Crippen LogP contribution in [0.3, 0.4) is 0 Å². The van der Waals surface area contributed by atoms with Crippen molar-refractivity contribution in [2.24, 2.45) is 16.8 Å². The molecule has 7 heteroatoms. The van der Waals surface area contributed by atoms with Crippen molar-refractivity contribution in [3.05, 3.63) is 65.2 Å². The van der Waals surface area contributed by atoms with Gasteiger partial charge in [0.25, 0.3) is 5.91 Å². The number of amides is 2. The largest absolute Gasteiger partial charge is 0.326 e. The Hall–Kier alpha value is -3.09. The molecule has 0 radical (unpaired) electrons. The normalized spacial score (nSPS) is 17.1. The van der Waals surface area contributed by atoms with Gasteiger partial charge in [-0.2, -0.15) is 0 Å². The predicted octanol–water partition coefficient (Wildman–Crippen LogP) is 3.68. The number of benzene rings is 2. The lowest BCUT2D eigenvalue weighted by Gasteiger charge is -2.17. The number of hydrogen-bond acceptors (Lipinski definition) is 3. The van der Waals surface area contributed by atoms with E-state index < -0.39 is 35.5 Å². The number of para-hydroxylation sites is 1. The summed E-state index contributed by atoms with van der Waals surface area (Å²) >= 11 is 0. The highest BCUT2D eigenvalue weighted by molar-refractivity contribution is 6.13. The Morgan fingerprint density at radius 2 is 1.86 bits per heavy atom. The van der Waals surface area contributed by atoms with Crippen molar-refractivity contribution in [3.8, 4) is 0 Å². The van der Waals surface area contributed by atoms with Gasteiger partial charge < -0.3 is 10.6 Å². The Labute approximate surface area is 168 Å². The Bertz CT molecular complexity index is 972. The number of rotatable bonds is 5. The molecule has 1 aliphatic heterocycles. The summed E-state index contributed by atoms with van der Waals surface area (Å²) in [6.07, 6.45) is -0.863. The molecule has 1 heterocycles. The third kappa shape index (κ3) is 4.67. The number of carbonyl (C=O) groups is 2. The average molecular weight is 399 g/mol. The molecule has 0 aromatic heterocycles. The van der Waals surface area contributed by atoms with Crippen molar-refractivity contribution in [3.63, 3.8) is 0 Å². The summed E-state index contributed by atoms with van der Waals surface area (Å²) in [5, 5.41) is 5.47. The molecule has 0 fully saturated rings. The van der Waals surface area contributed by atoms with Gasteiger partial charge in [-0.1, -0.05) is 45.0 Å². The summed E-state index contributed by atoms with van der Waals surface area (Å²) in [7, 11) is 0. The maximum Gasteiger partial charge on any atom is 0.269 e. The molecule has 152 valence electrons. The predicted molar refractivity (Wildman–Crippen MR) is 108 cm³/mol. The van der Waals surface area contributed by atoms with Crippen molar-refractivity contribution in [1.82, 2.24) is 5.32 Å². The van der Waals surface area contributed by atoms with Crippen LogP contribution in [0.5, 0.6) is 0 Å². The van der Waals surface area contributed by atoms with Gasteiger partial charge in [0.15, 0.2) is 11.6 Å². The lowest BCUT2D eigenvalue weighted by Crippen LogP contribution is -2.44. The van der Waals surface area contributed by atoms with Gasteiger partial charge in [-0.15, -0.1) is 0 Å². The maximum absolute atomic E-state index is 13.4. The van der Waals surface area contributed by atoms with Crippen LogP contribution < -0.4 is 10.6 Å². The molecule has 2 atom stereocenters. The fourth-order valence-electron chi connectivity index (χ4n) is 3.23. The van der Waals surface area contributed by atoms with E-state index in [0.29, 0.717) is 11.3 Å². The number of hydrogen-bond donors (Lipinski definition) is 2. The Balaban J connectivity index is 1.77. The lowest BCUT2D eigenvalue weighted by molar-refractivity contribution is -0.128. The zero-order valence-corrected chi connectivity index (χ0v) is 16.5. The molecule has 0 saturated heterocycles. The second-order valence-corrected chi connectivity index (χ2v) is 7.47. The number of benzodiazepines with no additional fused rings is 1. The molecule has 1 unspecified atom stereocenters. The van der Waals surface area contributed by atoms with E-state index in [1.54, 1.807) is 13.0 Å². The summed E-state index contributed by atoms with van der Waals surface area (Å²) in [6, 6.07) is 10.9. The van der Waals surface area contributed by atoms with Gasteiger partial charge in [0.1, 0.15) is 0 Å². The van der Waals surface area contributed by atoms with Crippen molar-refractivity contribution in [1.29, 1.82) is 0 Å². The van der Waals surface area contributed by atoms with Crippen LogP contribution in [-0.2, 0) is 16.0 Å². The number of nitrogens with one attached hydrogen (secondary N) is 2. The molecule has 1 aliphatic rings. The average Bonchev–Trinajstić information content (AvgIpc) is 2.81. The van der Waals surface area contributed by atoms with E-state index in [4.69, 9.17) is 0 Å². The second-order valence-electron chi connectivity index (χ2n) is 7.47. The van der Waals surface area contributed by atoms with Crippen LogP contribution in [0.4, 0.5) is 14.5 Å². The molecule has 2 N–H and O–H groups in total. The molecule has 2 aromatic carbocycles. The molecule has 0 bridgehead atoms. The molecular weight excluding hydrogens is 376 g/mol. The first kappa shape index (κ1) is 20.6. The second kappa shape index (κ2) is 8.51. The van der Waals surface area contributed by atoms with Gasteiger partial charge in [0.2, 0.25) is 12.1 Å². The molecule has 5 nitrogen and oxygen atoms in total. The molecular formula is C22H23F2N3O2. The molecule has 0 saturated carbocycles. The minimum absolute atomic E-state index is 0.0443. The summed E-state index contributed by atoms with van der Waals surface area (Å²) in [6.45, 7) is 5.60. The minimum Gasteiger partial charge on any atom is -0.326 e. The van der Waals surface area contributed by atoms with Crippen LogP contribution in [0.2, 0.25) is 0 Å². The SMILES string of the molecule is CC(C)C1=NC(NC(=O)[C@@H](C)Cc2ccc(F)c(F)c2)C(=O)Nc2ccccc21. The molecule has 2 aromatic rings. The van der Waals surface area contributed by atoms with Crippen molar-refractivity contribution in [2.45, 2.75) is 33.4 Å². The fraction of sp³-hybridized carbons (Fsp3) is 0.318. The molecule has 2 amide bonds. The Morgan fingerprint density at radius 3 is 2.55 bits per heavy atom. The number of aliphatic imine (C=N–C) groups is 1. The van der Waals surface area contributed by atoms with Gasteiger partial charge in [0.05, 0.1) is 0 Å². The van der Waals surface area contributed by atoms with Crippen molar-refractivity contribution < 1.29 is 18.4 Å². The highest BCUT2D eigenvalue weighted by atomic mass is 19.2. The topological polar surface area (TPSA) is 70.6 Å². The fourth-order valence-corrected chi connectivity index (χ4v) is 3.23. The summed E-state index contributed by atoms with van der Waals surface area (Å²) < 4.78 is 26.5. The number of anilines is 1. The highest BCUT2D eigenvalue weighted by Crippen LogP contribution is 2.23. The zero-order chi connectivity index (χ0) is 21.1. The third-order valence-corrected chi connectivity index (χ3v) is 4.78. The number of nitrogens with zero attached hydrogens (tertiary/aromatic N) is 1. The molecule has 0 aliphatic carbocycles. The molecule has 0 spiro atoms.